The highest BCUT2D eigenvalue weighted by Gasteiger charge is 2.24. The van der Waals surface area contributed by atoms with Crippen LogP contribution in [-0.4, -0.2) is 21.4 Å². The molecule has 1 aromatic heterocycles. The Hall–Kier alpha value is -2.69. The van der Waals surface area contributed by atoms with Crippen molar-refractivity contribution in [1.29, 1.82) is 0 Å². The summed E-state index contributed by atoms with van der Waals surface area (Å²) in [7, 11) is 0. The van der Waals surface area contributed by atoms with Gasteiger partial charge < -0.3 is 14.9 Å². The Kier molecular flexibility index (Phi) is 6.83. The highest BCUT2D eigenvalue weighted by molar-refractivity contribution is 9.10. The third kappa shape index (κ3) is 4.51. The molecule has 1 heterocycles. The van der Waals surface area contributed by atoms with Crippen LogP contribution in [0.25, 0.3) is 5.69 Å². The molecule has 1 atom stereocenters. The fraction of sp³-hybridized carbons (Fsp3) is 0.190. The molecule has 0 amide bonds. The third-order valence-corrected chi connectivity index (χ3v) is 5.37. The van der Waals surface area contributed by atoms with Crippen LogP contribution < -0.4 is 10.3 Å². The summed E-state index contributed by atoms with van der Waals surface area (Å²) in [5.41, 5.74) is -1.37. The van der Waals surface area contributed by atoms with E-state index in [1.807, 2.05) is 0 Å². The molecule has 0 saturated carbocycles. The number of pyridine rings is 1. The van der Waals surface area contributed by atoms with Gasteiger partial charge in [-0.3, -0.25) is 9.36 Å². The van der Waals surface area contributed by atoms with Gasteiger partial charge in [-0.25, -0.2) is 17.6 Å². The van der Waals surface area contributed by atoms with Gasteiger partial charge in [-0.05, 0) is 41.1 Å². The minimum absolute atomic E-state index is 0.0285. The SMILES string of the molecule is Cc1c(C(O)CO)ccc(=O)n1-c1c(F)cc(OCc2ccc(F)cc2F)c(Br)c1F. The molecule has 3 aromatic rings. The monoisotopic (exact) mass is 501 g/mol. The van der Waals surface area contributed by atoms with Gasteiger partial charge >= 0.3 is 0 Å². The molecule has 0 saturated heterocycles. The van der Waals surface area contributed by atoms with E-state index >= 15 is 4.39 Å². The smallest absolute Gasteiger partial charge is 0.255 e. The fourth-order valence-electron chi connectivity index (χ4n) is 3.05. The van der Waals surface area contributed by atoms with Crippen LogP contribution >= 0.6 is 15.9 Å². The molecule has 2 aromatic carbocycles. The highest BCUT2D eigenvalue weighted by atomic mass is 79.9. The lowest BCUT2D eigenvalue weighted by Gasteiger charge is -2.19. The van der Waals surface area contributed by atoms with Gasteiger partial charge in [0.05, 0.1) is 11.1 Å². The lowest BCUT2D eigenvalue weighted by atomic mass is 10.1. The zero-order valence-electron chi connectivity index (χ0n) is 16.0. The number of rotatable bonds is 6. The van der Waals surface area contributed by atoms with Gasteiger partial charge in [-0.15, -0.1) is 0 Å². The predicted molar refractivity (Wildman–Crippen MR) is 107 cm³/mol. The first-order valence-electron chi connectivity index (χ1n) is 8.91. The second-order valence-electron chi connectivity index (χ2n) is 6.60. The maximum Gasteiger partial charge on any atom is 0.255 e. The van der Waals surface area contributed by atoms with Crippen molar-refractivity contribution in [1.82, 2.24) is 4.57 Å². The molecule has 2 N–H and O–H groups in total. The van der Waals surface area contributed by atoms with Crippen molar-refractivity contribution in [2.45, 2.75) is 19.6 Å². The Morgan fingerprint density at radius 2 is 1.81 bits per heavy atom. The molecule has 1 unspecified atom stereocenters. The number of hydrogen-bond acceptors (Lipinski definition) is 4. The van der Waals surface area contributed by atoms with Crippen LogP contribution in [0.5, 0.6) is 5.75 Å². The zero-order chi connectivity index (χ0) is 22.9. The Morgan fingerprint density at radius 1 is 1.10 bits per heavy atom. The van der Waals surface area contributed by atoms with Crippen molar-refractivity contribution in [2.24, 2.45) is 0 Å². The van der Waals surface area contributed by atoms with Crippen molar-refractivity contribution in [3.05, 3.63) is 91.3 Å². The third-order valence-electron chi connectivity index (χ3n) is 4.63. The molecule has 0 fully saturated rings. The summed E-state index contributed by atoms with van der Waals surface area (Å²) in [6.07, 6.45) is -1.35. The van der Waals surface area contributed by atoms with Crippen LogP contribution in [0.15, 0.2) is 45.7 Å². The molecule has 5 nitrogen and oxygen atoms in total. The largest absolute Gasteiger partial charge is 0.487 e. The Balaban J connectivity index is 2.04. The maximum absolute atomic E-state index is 15.1. The van der Waals surface area contributed by atoms with E-state index < -0.39 is 53.8 Å². The molecular weight excluding hydrogens is 486 g/mol. The average Bonchev–Trinajstić information content (AvgIpc) is 2.72. The summed E-state index contributed by atoms with van der Waals surface area (Å²) in [5.74, 6) is -4.29. The summed E-state index contributed by atoms with van der Waals surface area (Å²) < 4.78 is 62.4. The minimum Gasteiger partial charge on any atom is -0.487 e. The lowest BCUT2D eigenvalue weighted by molar-refractivity contribution is 0.0945. The quantitative estimate of drug-likeness (QED) is 0.394. The number of ether oxygens (including phenoxy) is 1. The molecular formula is C21H16BrF4NO4. The molecule has 0 aliphatic rings. The molecule has 10 heteroatoms. The van der Waals surface area contributed by atoms with Crippen molar-refractivity contribution in [3.63, 3.8) is 0 Å². The van der Waals surface area contributed by atoms with Crippen molar-refractivity contribution < 1.29 is 32.5 Å². The first-order chi connectivity index (χ1) is 14.6. The number of aliphatic hydroxyl groups is 2. The van der Waals surface area contributed by atoms with E-state index in [0.717, 1.165) is 28.8 Å². The zero-order valence-corrected chi connectivity index (χ0v) is 17.6. The Morgan fingerprint density at radius 3 is 2.45 bits per heavy atom. The minimum atomic E-state index is -1.35. The van der Waals surface area contributed by atoms with Crippen LogP contribution in [0, 0.1) is 30.2 Å². The van der Waals surface area contributed by atoms with Gasteiger partial charge in [0.2, 0.25) is 0 Å². The number of halogens is 5. The van der Waals surface area contributed by atoms with Crippen LogP contribution in [0.1, 0.15) is 22.9 Å². The summed E-state index contributed by atoms with van der Waals surface area (Å²) in [6.45, 7) is 0.282. The first kappa shape index (κ1) is 23.0. The number of aliphatic hydroxyl groups excluding tert-OH is 2. The molecule has 3 rings (SSSR count). The first-order valence-corrected chi connectivity index (χ1v) is 9.71. The van der Waals surface area contributed by atoms with Crippen molar-refractivity contribution in [2.75, 3.05) is 6.61 Å². The van der Waals surface area contributed by atoms with Gasteiger partial charge in [-0.2, -0.15) is 0 Å². The molecule has 0 bridgehead atoms. The van der Waals surface area contributed by atoms with E-state index in [4.69, 9.17) is 9.84 Å². The van der Waals surface area contributed by atoms with E-state index in [2.05, 4.69) is 15.9 Å². The summed E-state index contributed by atoms with van der Waals surface area (Å²) in [6, 6.07) is 5.89. The molecule has 0 spiro atoms. The summed E-state index contributed by atoms with van der Waals surface area (Å²) in [4.78, 5) is 12.3. The maximum atomic E-state index is 15.1. The molecule has 164 valence electrons. The van der Waals surface area contributed by atoms with Crippen LogP contribution in [0.2, 0.25) is 0 Å². The molecule has 0 radical (unpaired) electrons. The van der Waals surface area contributed by atoms with Gasteiger partial charge in [0, 0.05) is 35.0 Å². The topological polar surface area (TPSA) is 71.7 Å². The standard InChI is InChI=1S/C21H16BrF4NO4/c1-10-13(16(29)8-28)4-5-18(30)27(10)21-15(25)7-17(19(22)20(21)26)31-9-11-2-3-12(23)6-14(11)24/h2-7,16,28-29H,8-9H2,1H3. The van der Waals surface area contributed by atoms with E-state index in [1.54, 1.807) is 0 Å². The van der Waals surface area contributed by atoms with Gasteiger partial charge in [0.25, 0.3) is 5.56 Å². The number of nitrogens with zero attached hydrogens (tertiary/aromatic N) is 1. The van der Waals surface area contributed by atoms with Gasteiger partial charge in [0.1, 0.15) is 35.8 Å². The second kappa shape index (κ2) is 9.21. The molecule has 0 aliphatic heterocycles. The Labute approximate surface area is 182 Å². The van der Waals surface area contributed by atoms with Crippen molar-refractivity contribution >= 4 is 15.9 Å². The van der Waals surface area contributed by atoms with Crippen LogP contribution in [0.3, 0.4) is 0 Å². The predicted octanol–water partition coefficient (Wildman–Crippen LogP) is 4.07. The van der Waals surface area contributed by atoms with Crippen molar-refractivity contribution in [3.8, 4) is 11.4 Å². The van der Waals surface area contributed by atoms with E-state index in [1.165, 1.54) is 13.0 Å². The van der Waals surface area contributed by atoms with Gasteiger partial charge in [0.15, 0.2) is 11.6 Å². The van der Waals surface area contributed by atoms with E-state index in [0.29, 0.717) is 6.07 Å². The Bertz CT molecular complexity index is 1200. The van der Waals surface area contributed by atoms with Crippen LogP contribution in [0.4, 0.5) is 17.6 Å². The number of benzene rings is 2. The normalized spacial score (nSPS) is 12.1. The van der Waals surface area contributed by atoms with Crippen LogP contribution in [-0.2, 0) is 6.61 Å². The average molecular weight is 502 g/mol. The molecule has 0 aliphatic carbocycles. The van der Waals surface area contributed by atoms with E-state index in [-0.39, 0.29) is 27.0 Å². The summed E-state index contributed by atoms with van der Waals surface area (Å²) >= 11 is 2.95. The lowest BCUT2D eigenvalue weighted by Crippen LogP contribution is -2.24. The number of aromatic nitrogens is 1. The van der Waals surface area contributed by atoms with Gasteiger partial charge in [-0.1, -0.05) is 0 Å². The summed E-state index contributed by atoms with van der Waals surface area (Å²) in [5, 5.41) is 19.1. The van der Waals surface area contributed by atoms with E-state index in [9.17, 15) is 23.1 Å². The second-order valence-corrected chi connectivity index (χ2v) is 7.40. The molecule has 31 heavy (non-hydrogen) atoms. The highest BCUT2D eigenvalue weighted by Crippen LogP contribution is 2.35. The number of hydrogen-bond donors (Lipinski definition) is 2. The fourth-order valence-corrected chi connectivity index (χ4v) is 3.46.